The third kappa shape index (κ3) is 23.8. The van der Waals surface area contributed by atoms with Gasteiger partial charge in [0, 0.05) is 49.2 Å². The maximum absolute atomic E-state index is 14.5. The van der Waals surface area contributed by atoms with Crippen molar-refractivity contribution < 1.29 is 83.1 Å². The number of hydrogen-bond donors (Lipinski definition) is 16. The van der Waals surface area contributed by atoms with Crippen LogP contribution < -0.4 is 54.0 Å². The average Bonchev–Trinajstić information content (AvgIpc) is 3.97. The molecule has 2 aromatic carbocycles. The highest BCUT2D eigenvalue weighted by Gasteiger charge is 2.37. The van der Waals surface area contributed by atoms with E-state index in [-0.39, 0.29) is 43.9 Å². The molecule has 0 saturated heterocycles. The molecule has 0 radical (unpaired) electrons. The summed E-state index contributed by atoms with van der Waals surface area (Å²) >= 11 is 0. The molecule has 28 heteroatoms. The number of phenolic OH excluding ortho intramolecular Hbond substituents is 1. The van der Waals surface area contributed by atoms with E-state index in [0.29, 0.717) is 34.9 Å². The highest BCUT2D eigenvalue weighted by molar-refractivity contribution is 5.99. The molecule has 0 unspecified atom stereocenters. The third-order valence-electron chi connectivity index (χ3n) is 13.1. The number of carboxylic acid groups (broad SMARTS) is 4. The number of amides is 8. The van der Waals surface area contributed by atoms with Crippen molar-refractivity contribution in [2.75, 3.05) is 6.54 Å². The zero-order valence-corrected chi connectivity index (χ0v) is 47.0. The van der Waals surface area contributed by atoms with Crippen molar-refractivity contribution >= 4 is 82.0 Å². The molecule has 83 heavy (non-hydrogen) atoms. The maximum Gasteiger partial charge on any atom is 0.326 e. The van der Waals surface area contributed by atoms with Gasteiger partial charge in [0.25, 0.3) is 0 Å². The first-order valence-corrected chi connectivity index (χ1v) is 27.2. The van der Waals surface area contributed by atoms with E-state index >= 15 is 0 Å². The Morgan fingerprint density at radius 1 is 0.494 bits per heavy atom. The number of rotatable bonds is 37. The number of benzene rings is 2. The summed E-state index contributed by atoms with van der Waals surface area (Å²) in [5.41, 5.74) is 13.0. The number of para-hydroxylation sites is 1. The summed E-state index contributed by atoms with van der Waals surface area (Å²) in [6.07, 6.45) is -1.81. The van der Waals surface area contributed by atoms with Gasteiger partial charge in [-0.15, -0.1) is 0 Å². The molecular weight excluding hydrogens is 1090 g/mol. The Labute approximate surface area is 478 Å². The summed E-state index contributed by atoms with van der Waals surface area (Å²) in [7, 11) is 0. The second-order valence-electron chi connectivity index (χ2n) is 20.9. The van der Waals surface area contributed by atoms with E-state index in [1.165, 1.54) is 45.0 Å². The zero-order valence-electron chi connectivity index (χ0n) is 47.0. The lowest BCUT2D eigenvalue weighted by Gasteiger charge is -2.29. The summed E-state index contributed by atoms with van der Waals surface area (Å²) in [5, 5.41) is 68.9. The second kappa shape index (κ2) is 33.9. The number of nitrogens with two attached hydrogens (primary N) is 2. The van der Waals surface area contributed by atoms with Crippen LogP contribution in [0, 0.1) is 11.8 Å². The Morgan fingerprint density at radius 2 is 0.928 bits per heavy atom. The monoisotopic (exact) mass is 1170 g/mol. The molecule has 9 atom stereocenters. The molecule has 8 amide bonds. The number of aromatic amines is 1. The van der Waals surface area contributed by atoms with Gasteiger partial charge in [0.15, 0.2) is 0 Å². The number of carboxylic acids is 4. The Kier molecular flexibility index (Phi) is 28.1. The van der Waals surface area contributed by atoms with Crippen molar-refractivity contribution in [1.82, 2.24) is 47.5 Å². The molecule has 0 spiro atoms. The van der Waals surface area contributed by atoms with Crippen LogP contribution in [0.5, 0.6) is 5.75 Å². The van der Waals surface area contributed by atoms with Gasteiger partial charge in [-0.05, 0) is 99.6 Å². The summed E-state index contributed by atoms with van der Waals surface area (Å²) < 4.78 is 0. The van der Waals surface area contributed by atoms with Gasteiger partial charge < -0.3 is 84.5 Å². The van der Waals surface area contributed by atoms with Crippen molar-refractivity contribution in [3.63, 3.8) is 0 Å². The Morgan fingerprint density at radius 3 is 1.41 bits per heavy atom. The molecule has 0 aliphatic rings. The lowest BCUT2D eigenvalue weighted by atomic mass is 9.99. The lowest BCUT2D eigenvalue weighted by Crippen LogP contribution is -2.61. The van der Waals surface area contributed by atoms with Crippen LogP contribution in [0.2, 0.25) is 0 Å². The first-order valence-electron chi connectivity index (χ1n) is 27.2. The van der Waals surface area contributed by atoms with Crippen molar-refractivity contribution in [1.29, 1.82) is 0 Å². The summed E-state index contributed by atoms with van der Waals surface area (Å²) in [6.45, 7) is 7.98. The molecule has 3 rings (SSSR count). The lowest BCUT2D eigenvalue weighted by molar-refractivity contribution is -0.143. The number of aromatic nitrogens is 1. The predicted octanol–water partition coefficient (Wildman–Crippen LogP) is -0.606. The number of hydrogen-bond acceptors (Lipinski definition) is 15. The number of fused-ring (bicyclic) bond motifs is 1. The van der Waals surface area contributed by atoms with Crippen LogP contribution in [0.25, 0.3) is 10.9 Å². The fraction of sp³-hybridized carbons (Fsp3) is 0.527. The molecule has 3 aromatic rings. The van der Waals surface area contributed by atoms with Crippen LogP contribution in [-0.4, -0.2) is 163 Å². The van der Waals surface area contributed by atoms with Gasteiger partial charge >= 0.3 is 23.9 Å². The van der Waals surface area contributed by atoms with Crippen LogP contribution >= 0.6 is 0 Å². The summed E-state index contributed by atoms with van der Waals surface area (Å²) in [5.74, 6) is -14.6. The van der Waals surface area contributed by atoms with E-state index in [4.69, 9.17) is 11.5 Å². The van der Waals surface area contributed by atoms with Gasteiger partial charge in [-0.25, -0.2) is 4.79 Å². The van der Waals surface area contributed by atoms with Crippen molar-refractivity contribution in [2.45, 2.75) is 166 Å². The number of nitrogens with one attached hydrogen (secondary N) is 9. The Bertz CT molecular complexity index is 2750. The van der Waals surface area contributed by atoms with E-state index in [0.717, 1.165) is 0 Å². The number of phenols is 1. The van der Waals surface area contributed by atoms with Crippen LogP contribution in [0.15, 0.2) is 54.7 Å². The van der Waals surface area contributed by atoms with Gasteiger partial charge in [-0.3, -0.25) is 52.7 Å². The fourth-order valence-corrected chi connectivity index (χ4v) is 8.58. The number of aliphatic carboxylic acids is 4. The number of aromatic hydroxyl groups is 1. The second-order valence-corrected chi connectivity index (χ2v) is 20.9. The van der Waals surface area contributed by atoms with Gasteiger partial charge in [0.05, 0.1) is 6.04 Å². The van der Waals surface area contributed by atoms with E-state index in [2.05, 4.69) is 47.5 Å². The first-order chi connectivity index (χ1) is 39.1. The molecule has 18 N–H and O–H groups in total. The summed E-state index contributed by atoms with van der Waals surface area (Å²) in [6, 6.07) is -0.672. The molecule has 1 heterocycles. The van der Waals surface area contributed by atoms with E-state index in [1.807, 2.05) is 0 Å². The van der Waals surface area contributed by atoms with Gasteiger partial charge in [0.2, 0.25) is 47.3 Å². The van der Waals surface area contributed by atoms with Crippen LogP contribution in [-0.2, 0) is 70.4 Å². The van der Waals surface area contributed by atoms with Crippen LogP contribution in [0.3, 0.4) is 0 Å². The minimum atomic E-state index is -1.72. The van der Waals surface area contributed by atoms with Crippen LogP contribution in [0.4, 0.5) is 0 Å². The standard InChI is InChI=1S/C55H79N11O17/c1-28(2)24-40(51(78)59-36(17-20-43(68)69)48(75)62-39(55(82)83)12-8-9-23-56)64-49(76)37(18-21-44(70)71)61-54(81)46(29(3)4)66-50(77)38(19-22-45(72)73)60-53(80)42(26-32-27-58-35-11-7-6-10-34(32)35)65-52(79)41(63-47(74)30(5)57)25-31-13-15-33(67)16-14-31/h6-7,10-11,13-16,27-30,36-42,46,58,67H,8-9,12,17-26,56-57H2,1-5H3,(H,59,78)(H,60,80)(H,61,81)(H,62,75)(H,63,74)(H,64,76)(H,65,79)(H,66,77)(H,68,69)(H,70,71)(H,72,73)(H,82,83)/t30-,36-,37-,38-,39-,40-,41-,42-,46-/m0/s1. The third-order valence-corrected chi connectivity index (χ3v) is 13.1. The normalized spacial score (nSPS) is 14.5. The largest absolute Gasteiger partial charge is 0.508 e. The minimum Gasteiger partial charge on any atom is -0.508 e. The molecule has 0 aliphatic heterocycles. The molecule has 28 nitrogen and oxygen atoms in total. The molecule has 0 fully saturated rings. The Hall–Kier alpha value is -8.66. The highest BCUT2D eigenvalue weighted by Crippen LogP contribution is 2.20. The SMILES string of the molecule is CC(C)C[C@H](NC(=O)[C@H](CCC(=O)O)NC(=O)[C@@H](NC(=O)[C@H](CCC(=O)O)NC(=O)[C@H](Cc1c[nH]c2ccccc12)NC(=O)[C@H](Cc1ccc(O)cc1)NC(=O)[C@H](C)N)C(C)C)C(=O)N[C@@H](CCC(=O)O)C(=O)N[C@@H](CCCCN)C(=O)O. The quantitative estimate of drug-likeness (QED) is 0.0320. The smallest absolute Gasteiger partial charge is 0.326 e. The van der Waals surface area contributed by atoms with Gasteiger partial charge in [0.1, 0.15) is 54.1 Å². The molecule has 456 valence electrons. The molecule has 1 aromatic heterocycles. The van der Waals surface area contributed by atoms with Crippen molar-refractivity contribution in [3.05, 3.63) is 65.9 Å². The van der Waals surface area contributed by atoms with Gasteiger partial charge in [-0.1, -0.05) is 58.0 Å². The maximum atomic E-state index is 14.5. The molecule has 0 bridgehead atoms. The molecule has 0 aliphatic carbocycles. The number of carbonyl (C=O) groups excluding carboxylic acids is 8. The highest BCUT2D eigenvalue weighted by atomic mass is 16.4. The van der Waals surface area contributed by atoms with E-state index in [9.17, 15) is 83.1 Å². The fourth-order valence-electron chi connectivity index (χ4n) is 8.58. The Balaban J connectivity index is 1.96. The first kappa shape index (κ1) is 68.6. The van der Waals surface area contributed by atoms with Crippen molar-refractivity contribution in [2.24, 2.45) is 23.3 Å². The molecule has 0 saturated carbocycles. The van der Waals surface area contributed by atoms with E-state index < -0.39 is 170 Å². The predicted molar refractivity (Wildman–Crippen MR) is 298 cm³/mol. The van der Waals surface area contributed by atoms with Crippen LogP contribution in [0.1, 0.15) is 110 Å². The minimum absolute atomic E-state index is 0.0313. The van der Waals surface area contributed by atoms with Gasteiger partial charge in [-0.2, -0.15) is 0 Å². The number of H-pyrrole nitrogens is 1. The number of carbonyl (C=O) groups is 12. The number of unbranched alkanes of at least 4 members (excludes halogenated alkanes) is 1. The summed E-state index contributed by atoms with van der Waals surface area (Å²) in [4.78, 5) is 162. The topological polar surface area (TPSA) is 470 Å². The zero-order chi connectivity index (χ0) is 62.1. The van der Waals surface area contributed by atoms with Crippen molar-refractivity contribution in [3.8, 4) is 5.75 Å². The van der Waals surface area contributed by atoms with E-state index in [1.54, 1.807) is 44.3 Å². The molecular formula is C55H79N11O17. The average molecular weight is 1170 g/mol.